The number of primary amides is 1. The molecule has 1 aromatic carbocycles. The van der Waals surface area contributed by atoms with Crippen LogP contribution >= 0.6 is 22.9 Å². The molecule has 3 rings (SSSR count). The number of pyridine rings is 1. The van der Waals surface area contributed by atoms with Gasteiger partial charge in [0.05, 0.1) is 15.8 Å². The Balaban J connectivity index is 2.05. The van der Waals surface area contributed by atoms with Crippen molar-refractivity contribution in [3.05, 3.63) is 52.6 Å². The van der Waals surface area contributed by atoms with Gasteiger partial charge in [-0.15, -0.1) is 11.3 Å². The van der Waals surface area contributed by atoms with Gasteiger partial charge in [0, 0.05) is 16.6 Å². The largest absolute Gasteiger partial charge is 0.455 e. The summed E-state index contributed by atoms with van der Waals surface area (Å²) in [7, 11) is 0. The molecular weight excluding hydrogens is 296 g/mol. The van der Waals surface area contributed by atoms with E-state index in [4.69, 9.17) is 22.1 Å². The van der Waals surface area contributed by atoms with Crippen molar-refractivity contribution in [3.8, 4) is 11.5 Å². The number of ether oxygens (including phenoxy) is 1. The SMILES string of the molecule is NC(=O)c1cc2c(Oc3cccc(Cl)c3)cncc2s1. The minimum Gasteiger partial charge on any atom is -0.455 e. The van der Waals surface area contributed by atoms with Crippen LogP contribution in [0.4, 0.5) is 0 Å². The van der Waals surface area contributed by atoms with Gasteiger partial charge in [-0.1, -0.05) is 17.7 Å². The summed E-state index contributed by atoms with van der Waals surface area (Å²) >= 11 is 7.21. The average molecular weight is 305 g/mol. The molecule has 0 unspecified atom stereocenters. The number of hydrogen-bond donors (Lipinski definition) is 1. The molecule has 0 spiro atoms. The standard InChI is InChI=1S/C14H9ClN2O2S/c15-8-2-1-3-9(4-8)19-11-6-17-7-13-10(11)5-12(20-13)14(16)18/h1-7H,(H2,16,18). The first-order chi connectivity index (χ1) is 9.63. The second kappa shape index (κ2) is 5.11. The number of amides is 1. The first-order valence-corrected chi connectivity index (χ1v) is 6.94. The molecule has 0 saturated heterocycles. The van der Waals surface area contributed by atoms with Crippen LogP contribution in [-0.4, -0.2) is 10.9 Å². The predicted molar refractivity (Wildman–Crippen MR) is 79.7 cm³/mol. The van der Waals surface area contributed by atoms with Gasteiger partial charge >= 0.3 is 0 Å². The molecule has 3 aromatic rings. The molecule has 0 saturated carbocycles. The van der Waals surface area contributed by atoms with E-state index in [1.165, 1.54) is 11.3 Å². The number of rotatable bonds is 3. The number of carbonyl (C=O) groups is 1. The van der Waals surface area contributed by atoms with Crippen LogP contribution in [0.25, 0.3) is 10.1 Å². The maximum atomic E-state index is 11.2. The van der Waals surface area contributed by atoms with E-state index in [1.807, 2.05) is 0 Å². The lowest BCUT2D eigenvalue weighted by Gasteiger charge is -2.06. The monoisotopic (exact) mass is 304 g/mol. The van der Waals surface area contributed by atoms with Crippen molar-refractivity contribution in [3.63, 3.8) is 0 Å². The van der Waals surface area contributed by atoms with Crippen molar-refractivity contribution < 1.29 is 9.53 Å². The lowest BCUT2D eigenvalue weighted by molar-refractivity contribution is 0.100. The van der Waals surface area contributed by atoms with E-state index in [9.17, 15) is 4.79 Å². The third-order valence-electron chi connectivity index (χ3n) is 2.68. The number of aromatic nitrogens is 1. The molecular formula is C14H9ClN2O2S. The minimum atomic E-state index is -0.458. The van der Waals surface area contributed by atoms with Gasteiger partial charge in [-0.25, -0.2) is 0 Å². The van der Waals surface area contributed by atoms with Crippen molar-refractivity contribution in [1.82, 2.24) is 4.98 Å². The fraction of sp³-hybridized carbons (Fsp3) is 0. The predicted octanol–water partition coefficient (Wildman–Crippen LogP) is 3.84. The van der Waals surface area contributed by atoms with Crippen molar-refractivity contribution >= 4 is 38.9 Å². The normalized spacial score (nSPS) is 10.7. The Morgan fingerprint density at radius 3 is 2.90 bits per heavy atom. The molecule has 0 fully saturated rings. The summed E-state index contributed by atoms with van der Waals surface area (Å²) < 4.78 is 6.62. The first-order valence-electron chi connectivity index (χ1n) is 5.74. The molecule has 20 heavy (non-hydrogen) atoms. The summed E-state index contributed by atoms with van der Waals surface area (Å²) in [5.74, 6) is 0.715. The summed E-state index contributed by atoms with van der Waals surface area (Å²) in [5.41, 5.74) is 5.29. The zero-order chi connectivity index (χ0) is 14.1. The fourth-order valence-electron chi connectivity index (χ4n) is 1.80. The highest BCUT2D eigenvalue weighted by Gasteiger charge is 2.11. The van der Waals surface area contributed by atoms with Crippen molar-refractivity contribution in [2.75, 3.05) is 0 Å². The zero-order valence-corrected chi connectivity index (χ0v) is 11.7. The van der Waals surface area contributed by atoms with Gasteiger partial charge in [0.25, 0.3) is 5.91 Å². The molecule has 0 radical (unpaired) electrons. The van der Waals surface area contributed by atoms with Crippen LogP contribution in [0.15, 0.2) is 42.7 Å². The zero-order valence-electron chi connectivity index (χ0n) is 10.2. The number of carbonyl (C=O) groups excluding carboxylic acids is 1. The van der Waals surface area contributed by atoms with Crippen LogP contribution in [-0.2, 0) is 0 Å². The molecule has 1 amide bonds. The number of benzene rings is 1. The quantitative estimate of drug-likeness (QED) is 0.799. The average Bonchev–Trinajstić information content (AvgIpc) is 2.84. The number of halogens is 1. The first kappa shape index (κ1) is 12.9. The molecule has 0 atom stereocenters. The Bertz CT molecular complexity index is 801. The van der Waals surface area contributed by atoms with Crippen LogP contribution in [0.2, 0.25) is 5.02 Å². The highest BCUT2D eigenvalue weighted by Crippen LogP contribution is 2.34. The number of fused-ring (bicyclic) bond motifs is 1. The Hall–Kier alpha value is -2.11. The number of hydrogen-bond acceptors (Lipinski definition) is 4. The Morgan fingerprint density at radius 1 is 1.30 bits per heavy atom. The van der Waals surface area contributed by atoms with Crippen LogP contribution < -0.4 is 10.5 Å². The van der Waals surface area contributed by atoms with Crippen LogP contribution in [0.5, 0.6) is 11.5 Å². The van der Waals surface area contributed by atoms with Gasteiger partial charge in [-0.2, -0.15) is 0 Å². The lowest BCUT2D eigenvalue weighted by atomic mass is 10.3. The van der Waals surface area contributed by atoms with Gasteiger partial charge in [0.1, 0.15) is 5.75 Å². The maximum absolute atomic E-state index is 11.2. The van der Waals surface area contributed by atoms with E-state index in [0.717, 1.165) is 10.1 Å². The van der Waals surface area contributed by atoms with E-state index >= 15 is 0 Å². The van der Waals surface area contributed by atoms with E-state index in [-0.39, 0.29) is 0 Å². The Kier molecular flexibility index (Phi) is 3.30. The second-order valence-electron chi connectivity index (χ2n) is 4.08. The summed E-state index contributed by atoms with van der Waals surface area (Å²) in [6, 6.07) is 8.79. The topological polar surface area (TPSA) is 65.2 Å². The van der Waals surface area contributed by atoms with E-state index in [1.54, 1.807) is 42.7 Å². The number of thiophene rings is 1. The molecule has 2 heterocycles. The summed E-state index contributed by atoms with van der Waals surface area (Å²) in [5, 5.41) is 1.39. The maximum Gasteiger partial charge on any atom is 0.258 e. The summed E-state index contributed by atoms with van der Waals surface area (Å²) in [6.07, 6.45) is 3.28. The molecule has 2 N–H and O–H groups in total. The molecule has 4 nitrogen and oxygen atoms in total. The van der Waals surface area contributed by atoms with Gasteiger partial charge in [-0.05, 0) is 24.3 Å². The van der Waals surface area contributed by atoms with Crippen molar-refractivity contribution in [2.45, 2.75) is 0 Å². The summed E-state index contributed by atoms with van der Waals surface area (Å²) in [6.45, 7) is 0. The molecule has 100 valence electrons. The van der Waals surface area contributed by atoms with E-state index in [0.29, 0.717) is 21.4 Å². The number of nitrogens with zero attached hydrogens (tertiary/aromatic N) is 1. The van der Waals surface area contributed by atoms with Crippen LogP contribution in [0, 0.1) is 0 Å². The Labute approximate surface area is 123 Å². The van der Waals surface area contributed by atoms with Crippen molar-refractivity contribution in [2.24, 2.45) is 5.73 Å². The molecule has 2 aromatic heterocycles. The van der Waals surface area contributed by atoms with Crippen LogP contribution in [0.1, 0.15) is 9.67 Å². The number of nitrogens with two attached hydrogens (primary N) is 1. The van der Waals surface area contributed by atoms with Gasteiger partial charge in [0.15, 0.2) is 5.75 Å². The third kappa shape index (κ3) is 2.45. The third-order valence-corrected chi connectivity index (χ3v) is 4.00. The highest BCUT2D eigenvalue weighted by molar-refractivity contribution is 7.20. The van der Waals surface area contributed by atoms with Gasteiger partial charge in [-0.3, -0.25) is 9.78 Å². The molecule has 0 aliphatic carbocycles. The summed E-state index contributed by atoms with van der Waals surface area (Å²) in [4.78, 5) is 15.8. The van der Waals surface area contributed by atoms with Crippen LogP contribution in [0.3, 0.4) is 0 Å². The minimum absolute atomic E-state index is 0.458. The molecule has 0 bridgehead atoms. The van der Waals surface area contributed by atoms with E-state index < -0.39 is 5.91 Å². The molecule has 0 aliphatic heterocycles. The van der Waals surface area contributed by atoms with Crippen molar-refractivity contribution in [1.29, 1.82) is 0 Å². The smallest absolute Gasteiger partial charge is 0.258 e. The highest BCUT2D eigenvalue weighted by atomic mass is 35.5. The molecule has 6 heteroatoms. The second-order valence-corrected chi connectivity index (χ2v) is 5.60. The van der Waals surface area contributed by atoms with Gasteiger partial charge < -0.3 is 10.5 Å². The lowest BCUT2D eigenvalue weighted by Crippen LogP contribution is -2.08. The molecule has 0 aliphatic rings. The van der Waals surface area contributed by atoms with E-state index in [2.05, 4.69) is 4.98 Å². The Morgan fingerprint density at radius 2 is 2.15 bits per heavy atom. The van der Waals surface area contributed by atoms with Gasteiger partial charge in [0.2, 0.25) is 0 Å². The fourth-order valence-corrected chi connectivity index (χ4v) is 2.87.